The Kier molecular flexibility index (Phi) is 4.61. The molecule has 0 aliphatic carbocycles. The number of amides is 1. The maximum absolute atomic E-state index is 12.4. The molecule has 0 bridgehead atoms. The molecule has 2 heterocycles. The summed E-state index contributed by atoms with van der Waals surface area (Å²) in [6, 6.07) is 15.8. The lowest BCUT2D eigenvalue weighted by molar-refractivity contribution is -0.127. The predicted octanol–water partition coefficient (Wildman–Crippen LogP) is 3.19. The van der Waals surface area contributed by atoms with Gasteiger partial charge in [0.25, 0.3) is 5.91 Å². The van der Waals surface area contributed by atoms with Crippen molar-refractivity contribution in [2.24, 2.45) is 5.10 Å². The summed E-state index contributed by atoms with van der Waals surface area (Å²) < 4.78 is 11.1. The van der Waals surface area contributed by atoms with Crippen molar-refractivity contribution in [1.82, 2.24) is 5.01 Å². The fourth-order valence-corrected chi connectivity index (χ4v) is 3.60. The van der Waals surface area contributed by atoms with Crippen LogP contribution in [0.25, 0.3) is 0 Å². The zero-order chi connectivity index (χ0) is 17.1. The van der Waals surface area contributed by atoms with Crippen molar-refractivity contribution in [3.05, 3.63) is 54.1 Å². The minimum absolute atomic E-state index is 0.0193. The molecule has 4 rings (SSSR count). The van der Waals surface area contributed by atoms with Crippen molar-refractivity contribution < 1.29 is 14.3 Å². The van der Waals surface area contributed by atoms with E-state index in [2.05, 4.69) is 5.10 Å². The maximum Gasteiger partial charge on any atom is 0.253 e. The Balaban J connectivity index is 1.37. The number of hydrogen-bond donors (Lipinski definition) is 0. The molecule has 0 spiro atoms. The Labute approximate surface area is 150 Å². The summed E-state index contributed by atoms with van der Waals surface area (Å²) in [6.45, 7) is 1.78. The van der Waals surface area contributed by atoms with Gasteiger partial charge in [-0.1, -0.05) is 30.3 Å². The van der Waals surface area contributed by atoms with Gasteiger partial charge in [0.2, 0.25) is 0 Å². The van der Waals surface area contributed by atoms with E-state index in [1.165, 1.54) is 11.8 Å². The molecule has 0 N–H and O–H groups in total. The lowest BCUT2D eigenvalue weighted by Crippen LogP contribution is -2.25. The van der Waals surface area contributed by atoms with E-state index in [1.54, 1.807) is 5.01 Å². The minimum Gasteiger partial charge on any atom is -0.486 e. The Bertz CT molecular complexity index is 808. The van der Waals surface area contributed by atoms with Gasteiger partial charge in [0.15, 0.2) is 11.5 Å². The molecule has 1 amide bonds. The molecule has 128 valence electrons. The summed E-state index contributed by atoms with van der Waals surface area (Å²) in [5, 5.41) is 6.06. The highest BCUT2D eigenvalue weighted by Crippen LogP contribution is 2.34. The van der Waals surface area contributed by atoms with E-state index < -0.39 is 0 Å². The Morgan fingerprint density at radius 1 is 1.08 bits per heavy atom. The first-order chi connectivity index (χ1) is 12.3. The molecular formula is C19H18N2O3S. The van der Waals surface area contributed by atoms with E-state index in [1.807, 2.05) is 48.5 Å². The van der Waals surface area contributed by atoms with Gasteiger partial charge in [-0.25, -0.2) is 5.01 Å². The van der Waals surface area contributed by atoms with Crippen LogP contribution in [-0.4, -0.2) is 42.1 Å². The van der Waals surface area contributed by atoms with E-state index in [0.717, 1.165) is 34.1 Å². The Morgan fingerprint density at radius 2 is 1.88 bits per heavy atom. The minimum atomic E-state index is 0.0193. The summed E-state index contributed by atoms with van der Waals surface area (Å²) in [7, 11) is 0. The van der Waals surface area contributed by atoms with Gasteiger partial charge in [-0.2, -0.15) is 5.10 Å². The smallest absolute Gasteiger partial charge is 0.253 e. The summed E-state index contributed by atoms with van der Waals surface area (Å²) in [5.41, 5.74) is 2.05. The van der Waals surface area contributed by atoms with Crippen LogP contribution in [0.4, 0.5) is 0 Å². The predicted molar refractivity (Wildman–Crippen MR) is 97.5 cm³/mol. The molecule has 0 fully saturated rings. The van der Waals surface area contributed by atoms with Gasteiger partial charge in [-0.15, -0.1) is 11.8 Å². The van der Waals surface area contributed by atoms with Crippen molar-refractivity contribution in [3.63, 3.8) is 0 Å². The molecule has 2 aliphatic rings. The number of benzene rings is 2. The molecule has 2 aromatic carbocycles. The fourth-order valence-electron chi connectivity index (χ4n) is 2.80. The second kappa shape index (κ2) is 7.19. The third-order valence-electron chi connectivity index (χ3n) is 4.07. The molecule has 0 unspecified atom stereocenters. The normalized spacial score (nSPS) is 15.8. The molecule has 2 aromatic rings. The van der Waals surface area contributed by atoms with Gasteiger partial charge in [-0.05, 0) is 23.8 Å². The summed E-state index contributed by atoms with van der Waals surface area (Å²) in [6.07, 6.45) is 0.796. The highest BCUT2D eigenvalue weighted by molar-refractivity contribution is 8.00. The molecule has 2 aliphatic heterocycles. The molecule has 0 aromatic heterocycles. The van der Waals surface area contributed by atoms with Crippen LogP contribution in [0, 0.1) is 0 Å². The molecule has 0 radical (unpaired) electrons. The van der Waals surface area contributed by atoms with Crippen LogP contribution in [0.5, 0.6) is 11.5 Å². The lowest BCUT2D eigenvalue weighted by atomic mass is 10.1. The second-order valence-electron chi connectivity index (χ2n) is 5.77. The first-order valence-electron chi connectivity index (χ1n) is 8.25. The average molecular weight is 354 g/mol. The van der Waals surface area contributed by atoms with Crippen LogP contribution >= 0.6 is 11.8 Å². The SMILES string of the molecule is O=C(CSc1ccc2c(c1)OCCO2)N1CCC(c2ccccc2)=N1. The number of hydrazone groups is 1. The summed E-state index contributed by atoms with van der Waals surface area (Å²) in [4.78, 5) is 13.4. The molecule has 0 saturated heterocycles. The van der Waals surface area contributed by atoms with E-state index in [-0.39, 0.29) is 5.91 Å². The highest BCUT2D eigenvalue weighted by atomic mass is 32.2. The van der Waals surface area contributed by atoms with Crippen molar-refractivity contribution in [2.45, 2.75) is 11.3 Å². The Morgan fingerprint density at radius 3 is 2.72 bits per heavy atom. The third kappa shape index (κ3) is 3.64. The van der Waals surface area contributed by atoms with Crippen LogP contribution < -0.4 is 9.47 Å². The number of carbonyl (C=O) groups excluding carboxylic acids is 1. The fraction of sp³-hybridized carbons (Fsp3) is 0.263. The van der Waals surface area contributed by atoms with E-state index in [9.17, 15) is 4.79 Å². The molecule has 5 nitrogen and oxygen atoms in total. The molecule has 25 heavy (non-hydrogen) atoms. The zero-order valence-electron chi connectivity index (χ0n) is 13.7. The van der Waals surface area contributed by atoms with Gasteiger partial charge in [0.1, 0.15) is 13.2 Å². The van der Waals surface area contributed by atoms with Crippen molar-refractivity contribution >= 4 is 23.4 Å². The molecular weight excluding hydrogens is 336 g/mol. The largest absolute Gasteiger partial charge is 0.486 e. The quantitative estimate of drug-likeness (QED) is 0.792. The van der Waals surface area contributed by atoms with Gasteiger partial charge in [0, 0.05) is 11.3 Å². The maximum atomic E-state index is 12.4. The second-order valence-corrected chi connectivity index (χ2v) is 6.82. The van der Waals surface area contributed by atoms with Gasteiger partial charge < -0.3 is 9.47 Å². The first kappa shape index (κ1) is 16.0. The van der Waals surface area contributed by atoms with Crippen LogP contribution in [0.2, 0.25) is 0 Å². The third-order valence-corrected chi connectivity index (χ3v) is 5.05. The number of ether oxygens (including phenoxy) is 2. The Hall–Kier alpha value is -2.47. The molecule has 0 saturated carbocycles. The highest BCUT2D eigenvalue weighted by Gasteiger charge is 2.21. The monoisotopic (exact) mass is 354 g/mol. The van der Waals surface area contributed by atoms with E-state index >= 15 is 0 Å². The first-order valence-corrected chi connectivity index (χ1v) is 9.24. The van der Waals surface area contributed by atoms with E-state index in [4.69, 9.17) is 9.47 Å². The van der Waals surface area contributed by atoms with E-state index in [0.29, 0.717) is 25.5 Å². The number of nitrogens with zero attached hydrogens (tertiary/aromatic N) is 2. The number of thioether (sulfide) groups is 1. The topological polar surface area (TPSA) is 51.1 Å². The molecule has 0 atom stereocenters. The lowest BCUT2D eigenvalue weighted by Gasteiger charge is -2.18. The standard InChI is InChI=1S/C19H18N2O3S/c22-19(21-9-8-16(20-21)14-4-2-1-3-5-14)13-25-15-6-7-17-18(12-15)24-11-10-23-17/h1-7,12H,8-11,13H2. The van der Waals surface area contributed by atoms with Crippen molar-refractivity contribution in [2.75, 3.05) is 25.5 Å². The summed E-state index contributed by atoms with van der Waals surface area (Å²) in [5.74, 6) is 1.88. The summed E-state index contributed by atoms with van der Waals surface area (Å²) >= 11 is 1.49. The van der Waals surface area contributed by atoms with Gasteiger partial charge in [0.05, 0.1) is 18.0 Å². The van der Waals surface area contributed by atoms with Crippen molar-refractivity contribution in [1.29, 1.82) is 0 Å². The van der Waals surface area contributed by atoms with Crippen LogP contribution in [-0.2, 0) is 4.79 Å². The van der Waals surface area contributed by atoms with Gasteiger partial charge >= 0.3 is 0 Å². The van der Waals surface area contributed by atoms with Crippen LogP contribution in [0.1, 0.15) is 12.0 Å². The van der Waals surface area contributed by atoms with Crippen LogP contribution in [0.15, 0.2) is 58.5 Å². The van der Waals surface area contributed by atoms with Gasteiger partial charge in [-0.3, -0.25) is 4.79 Å². The van der Waals surface area contributed by atoms with Crippen molar-refractivity contribution in [3.8, 4) is 11.5 Å². The average Bonchev–Trinajstić information content (AvgIpc) is 3.17. The van der Waals surface area contributed by atoms with Crippen LogP contribution in [0.3, 0.4) is 0 Å². The zero-order valence-corrected chi connectivity index (χ0v) is 14.5. The molecule has 6 heteroatoms. The number of hydrogen-bond acceptors (Lipinski definition) is 5. The number of carbonyl (C=O) groups is 1. The number of rotatable bonds is 4. The number of fused-ring (bicyclic) bond motifs is 1.